The summed E-state index contributed by atoms with van der Waals surface area (Å²) in [6.45, 7) is 0.127. The molecule has 0 aliphatic heterocycles. The first-order valence-electron chi connectivity index (χ1n) is 7.30. The van der Waals surface area contributed by atoms with Gasteiger partial charge in [-0.2, -0.15) is 5.26 Å². The zero-order valence-corrected chi connectivity index (χ0v) is 12.7. The Morgan fingerprint density at radius 3 is 2.58 bits per heavy atom. The summed E-state index contributed by atoms with van der Waals surface area (Å²) in [5.41, 5.74) is 2.94. The number of hydrogen-bond acceptors (Lipinski definition) is 5. The van der Waals surface area contributed by atoms with Gasteiger partial charge in [0, 0.05) is 12.4 Å². The van der Waals surface area contributed by atoms with Crippen molar-refractivity contribution >= 4 is 23.1 Å². The molecule has 1 aromatic heterocycles. The molecule has 5 heteroatoms. The summed E-state index contributed by atoms with van der Waals surface area (Å²) in [6, 6.07) is 16.5. The van der Waals surface area contributed by atoms with Crippen molar-refractivity contribution in [3.63, 3.8) is 0 Å². The maximum Gasteiger partial charge on any atom is 0.349 e. The van der Waals surface area contributed by atoms with Crippen molar-refractivity contribution in [3.8, 4) is 6.07 Å². The van der Waals surface area contributed by atoms with E-state index in [2.05, 4.69) is 9.97 Å². The minimum absolute atomic E-state index is 0.0610. The molecule has 0 saturated carbocycles. The maximum absolute atomic E-state index is 12.1. The molecule has 0 radical (unpaired) electrons. The molecule has 24 heavy (non-hydrogen) atoms. The molecule has 0 aliphatic carbocycles. The minimum atomic E-state index is -0.652. The third-order valence-electron chi connectivity index (χ3n) is 3.36. The van der Waals surface area contributed by atoms with Gasteiger partial charge >= 0.3 is 5.97 Å². The molecule has 0 spiro atoms. The van der Waals surface area contributed by atoms with E-state index in [1.54, 1.807) is 30.6 Å². The van der Waals surface area contributed by atoms with Crippen LogP contribution >= 0.6 is 0 Å². The molecule has 2 aromatic carbocycles. The number of nitriles is 1. The molecule has 0 bridgehead atoms. The van der Waals surface area contributed by atoms with Crippen molar-refractivity contribution in [2.75, 3.05) is 0 Å². The second-order valence-corrected chi connectivity index (χ2v) is 5.04. The number of hydrogen-bond donors (Lipinski definition) is 0. The van der Waals surface area contributed by atoms with Gasteiger partial charge in [-0.3, -0.25) is 9.97 Å². The van der Waals surface area contributed by atoms with Crippen LogP contribution in [0, 0.1) is 11.3 Å². The van der Waals surface area contributed by atoms with Crippen molar-refractivity contribution in [2.24, 2.45) is 0 Å². The van der Waals surface area contributed by atoms with E-state index < -0.39 is 5.97 Å². The highest BCUT2D eigenvalue weighted by molar-refractivity contribution is 5.98. The lowest BCUT2D eigenvalue weighted by Crippen LogP contribution is -2.06. The minimum Gasteiger partial charge on any atom is -0.457 e. The number of ether oxygens (including phenoxy) is 1. The van der Waals surface area contributed by atoms with Gasteiger partial charge in [0.2, 0.25) is 0 Å². The predicted molar refractivity (Wildman–Crippen MR) is 89.4 cm³/mol. The van der Waals surface area contributed by atoms with Crippen LogP contribution in [0.5, 0.6) is 0 Å². The Bertz CT molecular complexity index is 943. The number of carbonyl (C=O) groups is 1. The van der Waals surface area contributed by atoms with Crippen LogP contribution in [0.25, 0.3) is 17.1 Å². The summed E-state index contributed by atoms with van der Waals surface area (Å²) in [4.78, 5) is 20.5. The van der Waals surface area contributed by atoms with Crippen LogP contribution in [0.1, 0.15) is 11.1 Å². The molecular formula is C19H13N3O2. The molecule has 1 heterocycles. The van der Waals surface area contributed by atoms with Gasteiger partial charge in [0.15, 0.2) is 0 Å². The van der Waals surface area contributed by atoms with Gasteiger partial charge in [-0.05, 0) is 29.3 Å². The molecule has 0 atom stereocenters. The Balaban J connectivity index is 1.77. The van der Waals surface area contributed by atoms with Crippen molar-refractivity contribution in [1.82, 2.24) is 9.97 Å². The third kappa shape index (κ3) is 3.62. The van der Waals surface area contributed by atoms with Gasteiger partial charge < -0.3 is 4.74 Å². The van der Waals surface area contributed by atoms with Crippen molar-refractivity contribution < 1.29 is 9.53 Å². The van der Waals surface area contributed by atoms with E-state index in [1.807, 2.05) is 36.4 Å². The van der Waals surface area contributed by atoms with E-state index in [-0.39, 0.29) is 12.2 Å². The van der Waals surface area contributed by atoms with Crippen molar-refractivity contribution in [1.29, 1.82) is 5.26 Å². The first kappa shape index (κ1) is 15.4. The van der Waals surface area contributed by atoms with Crippen LogP contribution in [0.2, 0.25) is 0 Å². The molecule has 0 N–H and O–H groups in total. The maximum atomic E-state index is 12.1. The molecule has 3 aromatic rings. The zero-order chi connectivity index (χ0) is 16.8. The van der Waals surface area contributed by atoms with Crippen LogP contribution in [0.3, 0.4) is 0 Å². The van der Waals surface area contributed by atoms with Gasteiger partial charge in [-0.25, -0.2) is 4.79 Å². The van der Waals surface area contributed by atoms with Gasteiger partial charge in [0.25, 0.3) is 0 Å². The van der Waals surface area contributed by atoms with E-state index >= 15 is 0 Å². The molecule has 0 unspecified atom stereocenters. The SMILES string of the molecule is N#C/C(=C/c1ccc2nccnc2c1)C(=O)OCc1ccccc1. The Morgan fingerprint density at radius 1 is 1.08 bits per heavy atom. The summed E-state index contributed by atoms with van der Waals surface area (Å²) in [6.07, 6.45) is 4.69. The number of fused-ring (bicyclic) bond motifs is 1. The first-order chi connectivity index (χ1) is 11.8. The fourth-order valence-electron chi connectivity index (χ4n) is 2.17. The van der Waals surface area contributed by atoms with Gasteiger partial charge in [-0.1, -0.05) is 36.4 Å². The Kier molecular flexibility index (Phi) is 4.59. The number of rotatable bonds is 4. The molecule has 0 amide bonds. The quantitative estimate of drug-likeness (QED) is 0.419. The lowest BCUT2D eigenvalue weighted by molar-refractivity contribution is -0.139. The number of benzene rings is 2. The number of esters is 1. The van der Waals surface area contributed by atoms with Gasteiger partial charge in [0.1, 0.15) is 18.2 Å². The largest absolute Gasteiger partial charge is 0.457 e. The molecule has 116 valence electrons. The topological polar surface area (TPSA) is 75.9 Å². The summed E-state index contributed by atoms with van der Waals surface area (Å²) >= 11 is 0. The second kappa shape index (κ2) is 7.16. The monoisotopic (exact) mass is 315 g/mol. The lowest BCUT2D eigenvalue weighted by Gasteiger charge is -2.04. The lowest BCUT2D eigenvalue weighted by atomic mass is 10.1. The van der Waals surface area contributed by atoms with Crippen LogP contribution in [-0.2, 0) is 16.1 Å². The highest BCUT2D eigenvalue weighted by Crippen LogP contribution is 2.15. The second-order valence-electron chi connectivity index (χ2n) is 5.04. The van der Waals surface area contributed by atoms with Crippen molar-refractivity contribution in [2.45, 2.75) is 6.61 Å². The summed E-state index contributed by atoms with van der Waals surface area (Å²) in [5.74, 6) is -0.652. The van der Waals surface area contributed by atoms with E-state index in [9.17, 15) is 10.1 Å². The number of carbonyl (C=O) groups excluding carboxylic acids is 1. The smallest absolute Gasteiger partial charge is 0.349 e. The zero-order valence-electron chi connectivity index (χ0n) is 12.7. The van der Waals surface area contributed by atoms with Crippen molar-refractivity contribution in [3.05, 3.63) is 77.6 Å². The first-order valence-corrected chi connectivity index (χ1v) is 7.30. The fourth-order valence-corrected chi connectivity index (χ4v) is 2.17. The van der Waals surface area contributed by atoms with Crippen LogP contribution in [0.4, 0.5) is 0 Å². The number of nitrogens with zero attached hydrogens (tertiary/aromatic N) is 3. The molecule has 0 fully saturated rings. The van der Waals surface area contributed by atoms with E-state index in [4.69, 9.17) is 4.74 Å². The van der Waals surface area contributed by atoms with Gasteiger partial charge in [-0.15, -0.1) is 0 Å². The predicted octanol–water partition coefficient (Wildman–Crippen LogP) is 3.28. The summed E-state index contributed by atoms with van der Waals surface area (Å²) in [5, 5.41) is 9.22. The molecular weight excluding hydrogens is 302 g/mol. The Morgan fingerprint density at radius 2 is 1.83 bits per heavy atom. The summed E-state index contributed by atoms with van der Waals surface area (Å²) in [7, 11) is 0. The molecule has 0 aliphatic rings. The summed E-state index contributed by atoms with van der Waals surface area (Å²) < 4.78 is 5.18. The van der Waals surface area contributed by atoms with Crippen LogP contribution < -0.4 is 0 Å². The van der Waals surface area contributed by atoms with E-state index in [0.717, 1.165) is 11.1 Å². The molecule has 3 rings (SSSR count). The highest BCUT2D eigenvalue weighted by Gasteiger charge is 2.11. The third-order valence-corrected chi connectivity index (χ3v) is 3.36. The Hall–Kier alpha value is -3.52. The highest BCUT2D eigenvalue weighted by atomic mass is 16.5. The van der Waals surface area contributed by atoms with Crippen LogP contribution in [0.15, 0.2) is 66.5 Å². The fraction of sp³-hybridized carbons (Fsp3) is 0.0526. The number of aromatic nitrogens is 2. The van der Waals surface area contributed by atoms with Gasteiger partial charge in [0.05, 0.1) is 11.0 Å². The molecule has 0 saturated heterocycles. The molecule has 5 nitrogen and oxygen atoms in total. The average Bonchev–Trinajstić information content (AvgIpc) is 2.65. The normalized spacial score (nSPS) is 11.0. The standard InChI is InChI=1S/C19H13N3O2/c20-12-16(19(23)24-13-14-4-2-1-3-5-14)10-15-6-7-17-18(11-15)22-9-8-21-17/h1-11H,13H2/b16-10-. The van der Waals surface area contributed by atoms with E-state index in [1.165, 1.54) is 6.08 Å². The Labute approximate surface area is 138 Å². The van der Waals surface area contributed by atoms with E-state index in [0.29, 0.717) is 11.1 Å². The average molecular weight is 315 g/mol. The van der Waals surface area contributed by atoms with Crippen LogP contribution in [-0.4, -0.2) is 15.9 Å².